The molecule has 20 heavy (non-hydrogen) atoms. The number of nitrogen functional groups attached to an aromatic ring is 1. The highest BCUT2D eigenvalue weighted by atomic mass is 19.4. The van der Waals surface area contributed by atoms with Gasteiger partial charge < -0.3 is 10.3 Å². The van der Waals surface area contributed by atoms with E-state index in [1.807, 2.05) is 13.8 Å². The van der Waals surface area contributed by atoms with Crippen molar-refractivity contribution in [1.82, 2.24) is 9.55 Å². The van der Waals surface area contributed by atoms with Gasteiger partial charge in [-0.15, -0.1) is 0 Å². The molecule has 2 rings (SSSR count). The molecule has 1 aromatic carbocycles. The molecule has 0 fully saturated rings. The van der Waals surface area contributed by atoms with Gasteiger partial charge in [0.05, 0.1) is 11.9 Å². The molecular weight excluding hydrogens is 274 g/mol. The van der Waals surface area contributed by atoms with Crippen molar-refractivity contribution >= 4 is 5.82 Å². The topological polar surface area (TPSA) is 43.8 Å². The Kier molecular flexibility index (Phi) is 3.45. The lowest BCUT2D eigenvalue weighted by atomic mass is 10.0. The quantitative estimate of drug-likeness (QED) is 0.852. The number of hydrogen-bond donors (Lipinski definition) is 1. The van der Waals surface area contributed by atoms with E-state index in [2.05, 4.69) is 4.98 Å². The highest BCUT2D eigenvalue weighted by Gasteiger charge is 2.35. The lowest BCUT2D eigenvalue weighted by molar-refractivity contribution is -0.137. The summed E-state index contributed by atoms with van der Waals surface area (Å²) in [7, 11) is 0. The van der Waals surface area contributed by atoms with Crippen LogP contribution < -0.4 is 5.73 Å². The molecule has 0 atom stereocenters. The van der Waals surface area contributed by atoms with E-state index in [-0.39, 0.29) is 23.1 Å². The number of nitrogens with zero attached hydrogens (tertiary/aromatic N) is 2. The first-order valence-electron chi connectivity index (χ1n) is 5.91. The minimum atomic E-state index is -4.68. The Labute approximate surface area is 113 Å². The van der Waals surface area contributed by atoms with Gasteiger partial charge in [0.15, 0.2) is 0 Å². The van der Waals surface area contributed by atoms with Crippen molar-refractivity contribution in [3.05, 3.63) is 35.9 Å². The van der Waals surface area contributed by atoms with Gasteiger partial charge in [-0.2, -0.15) is 13.2 Å². The summed E-state index contributed by atoms with van der Waals surface area (Å²) in [4.78, 5) is 3.93. The number of alkyl halides is 3. The first-order valence-corrected chi connectivity index (χ1v) is 5.91. The highest BCUT2D eigenvalue weighted by molar-refractivity contribution is 5.73. The average molecular weight is 287 g/mol. The van der Waals surface area contributed by atoms with Crippen molar-refractivity contribution < 1.29 is 17.6 Å². The summed E-state index contributed by atoms with van der Waals surface area (Å²) in [6.07, 6.45) is -3.30. The van der Waals surface area contributed by atoms with Crippen LogP contribution in [0.15, 0.2) is 24.5 Å². The van der Waals surface area contributed by atoms with Gasteiger partial charge in [0.1, 0.15) is 17.3 Å². The van der Waals surface area contributed by atoms with Crippen LogP contribution in [0.1, 0.15) is 25.5 Å². The molecule has 3 nitrogen and oxygen atoms in total. The van der Waals surface area contributed by atoms with Gasteiger partial charge in [-0.1, -0.05) is 0 Å². The summed E-state index contributed by atoms with van der Waals surface area (Å²) in [5.74, 6) is -0.833. The number of hydrogen-bond acceptors (Lipinski definition) is 2. The number of benzene rings is 1. The minimum Gasteiger partial charge on any atom is -0.383 e. The van der Waals surface area contributed by atoms with Crippen LogP contribution in [0.2, 0.25) is 0 Å². The van der Waals surface area contributed by atoms with E-state index in [1.165, 1.54) is 6.33 Å². The zero-order chi connectivity index (χ0) is 15.1. The number of anilines is 1. The van der Waals surface area contributed by atoms with Gasteiger partial charge in [-0.05, 0) is 32.0 Å². The second-order valence-corrected chi connectivity index (χ2v) is 4.67. The molecule has 0 aliphatic heterocycles. The van der Waals surface area contributed by atoms with Gasteiger partial charge in [-0.3, -0.25) is 0 Å². The second-order valence-electron chi connectivity index (χ2n) is 4.67. The molecule has 0 unspecified atom stereocenters. The van der Waals surface area contributed by atoms with Crippen LogP contribution in [0.4, 0.5) is 23.4 Å². The SMILES string of the molecule is CC(C)n1cnc(-c2ccc(F)cc2C(F)(F)F)c1N. The summed E-state index contributed by atoms with van der Waals surface area (Å²) < 4.78 is 53.5. The molecule has 0 bridgehead atoms. The lowest BCUT2D eigenvalue weighted by Gasteiger charge is -2.13. The summed E-state index contributed by atoms with van der Waals surface area (Å²) in [6.45, 7) is 3.66. The Balaban J connectivity index is 2.65. The monoisotopic (exact) mass is 287 g/mol. The molecule has 1 aromatic heterocycles. The molecule has 0 amide bonds. The molecule has 0 saturated heterocycles. The maximum absolute atomic E-state index is 13.1. The van der Waals surface area contributed by atoms with Crippen LogP contribution in [-0.2, 0) is 6.18 Å². The minimum absolute atomic E-state index is 0.00558. The van der Waals surface area contributed by atoms with E-state index in [9.17, 15) is 17.6 Å². The normalized spacial score (nSPS) is 12.2. The van der Waals surface area contributed by atoms with Crippen molar-refractivity contribution in [3.63, 3.8) is 0 Å². The van der Waals surface area contributed by atoms with E-state index < -0.39 is 17.6 Å². The van der Waals surface area contributed by atoms with Crippen LogP contribution in [-0.4, -0.2) is 9.55 Å². The Morgan fingerprint density at radius 3 is 2.40 bits per heavy atom. The third-order valence-electron chi connectivity index (χ3n) is 2.93. The van der Waals surface area contributed by atoms with Crippen LogP contribution >= 0.6 is 0 Å². The largest absolute Gasteiger partial charge is 0.417 e. The molecule has 0 saturated carbocycles. The van der Waals surface area contributed by atoms with E-state index in [4.69, 9.17) is 5.73 Å². The molecule has 1 heterocycles. The van der Waals surface area contributed by atoms with E-state index >= 15 is 0 Å². The number of halogens is 4. The third kappa shape index (κ3) is 2.48. The number of aromatic nitrogens is 2. The number of imidazole rings is 1. The molecule has 7 heteroatoms. The Bertz CT molecular complexity index is 629. The molecule has 2 N–H and O–H groups in total. The molecule has 0 aliphatic rings. The van der Waals surface area contributed by atoms with Crippen molar-refractivity contribution in [2.75, 3.05) is 5.73 Å². The predicted molar refractivity (Wildman–Crippen MR) is 67.4 cm³/mol. The smallest absolute Gasteiger partial charge is 0.383 e. The Morgan fingerprint density at radius 2 is 1.90 bits per heavy atom. The highest BCUT2D eigenvalue weighted by Crippen LogP contribution is 2.39. The average Bonchev–Trinajstić information content (AvgIpc) is 2.70. The van der Waals surface area contributed by atoms with Gasteiger partial charge in [-0.25, -0.2) is 9.37 Å². The van der Waals surface area contributed by atoms with Gasteiger partial charge in [0.2, 0.25) is 0 Å². The van der Waals surface area contributed by atoms with Crippen LogP contribution in [0.5, 0.6) is 0 Å². The van der Waals surface area contributed by atoms with Crippen molar-refractivity contribution in [1.29, 1.82) is 0 Å². The van der Waals surface area contributed by atoms with Crippen molar-refractivity contribution in [2.24, 2.45) is 0 Å². The standard InChI is InChI=1S/C13H13F4N3/c1-7(2)20-6-19-11(12(20)18)9-4-3-8(14)5-10(9)13(15,16)17/h3-7H,18H2,1-2H3. The van der Waals surface area contributed by atoms with Crippen molar-refractivity contribution in [3.8, 4) is 11.3 Å². The van der Waals surface area contributed by atoms with Gasteiger partial charge in [0, 0.05) is 11.6 Å². The molecule has 108 valence electrons. The van der Waals surface area contributed by atoms with E-state index in [0.29, 0.717) is 6.07 Å². The fourth-order valence-corrected chi connectivity index (χ4v) is 1.95. The zero-order valence-corrected chi connectivity index (χ0v) is 10.9. The van der Waals surface area contributed by atoms with E-state index in [0.717, 1.165) is 12.1 Å². The van der Waals surface area contributed by atoms with Crippen LogP contribution in [0.3, 0.4) is 0 Å². The molecule has 0 spiro atoms. The van der Waals surface area contributed by atoms with Crippen LogP contribution in [0, 0.1) is 5.82 Å². The summed E-state index contributed by atoms with van der Waals surface area (Å²) >= 11 is 0. The molecule has 2 aromatic rings. The Hall–Kier alpha value is -2.05. The summed E-state index contributed by atoms with van der Waals surface area (Å²) in [5.41, 5.74) is 4.52. The third-order valence-corrected chi connectivity index (χ3v) is 2.93. The first kappa shape index (κ1) is 14.4. The predicted octanol–water partition coefficient (Wildman–Crippen LogP) is 3.87. The Morgan fingerprint density at radius 1 is 1.25 bits per heavy atom. The first-order chi connectivity index (χ1) is 9.21. The molecule has 0 radical (unpaired) electrons. The summed E-state index contributed by atoms with van der Waals surface area (Å²) in [5, 5.41) is 0. The number of rotatable bonds is 2. The van der Waals surface area contributed by atoms with Crippen LogP contribution in [0.25, 0.3) is 11.3 Å². The second kappa shape index (κ2) is 4.81. The van der Waals surface area contributed by atoms with Gasteiger partial charge >= 0.3 is 6.18 Å². The van der Waals surface area contributed by atoms with Crippen molar-refractivity contribution in [2.45, 2.75) is 26.1 Å². The lowest BCUT2D eigenvalue weighted by Crippen LogP contribution is -2.09. The maximum atomic E-state index is 13.1. The molecule has 0 aliphatic carbocycles. The maximum Gasteiger partial charge on any atom is 0.417 e. The fraction of sp³-hybridized carbons (Fsp3) is 0.308. The zero-order valence-electron chi connectivity index (χ0n) is 10.9. The fourth-order valence-electron chi connectivity index (χ4n) is 1.95. The van der Waals surface area contributed by atoms with Gasteiger partial charge in [0.25, 0.3) is 0 Å². The summed E-state index contributed by atoms with van der Waals surface area (Å²) in [6, 6.07) is 2.41. The van der Waals surface area contributed by atoms with E-state index in [1.54, 1.807) is 4.57 Å². The number of nitrogens with two attached hydrogens (primary N) is 1. The molecular formula is C13H13F4N3.